The number of ether oxygens (including phenoxy) is 2. The summed E-state index contributed by atoms with van der Waals surface area (Å²) in [7, 11) is 0. The van der Waals surface area contributed by atoms with Crippen LogP contribution in [0.4, 0.5) is 4.39 Å². The Bertz CT molecular complexity index is 738. The van der Waals surface area contributed by atoms with Gasteiger partial charge in [0, 0.05) is 12.1 Å². The lowest BCUT2D eigenvalue weighted by Crippen LogP contribution is -2.00. The minimum absolute atomic E-state index is 0.125. The minimum Gasteiger partial charge on any atom is -0.490 e. The molecule has 0 aliphatic heterocycles. The maximum Gasteiger partial charge on any atom is 0.156 e. The van der Waals surface area contributed by atoms with Gasteiger partial charge >= 0.3 is 0 Å². The van der Waals surface area contributed by atoms with Gasteiger partial charge in [-0.25, -0.2) is 4.39 Å². The maximum atomic E-state index is 13.1. The molecule has 0 saturated heterocycles. The number of unbranched alkanes of at least 4 members (excludes halogenated alkanes) is 1. The second kappa shape index (κ2) is 10.9. The van der Waals surface area contributed by atoms with Gasteiger partial charge in [-0.2, -0.15) is 0 Å². The minimum atomic E-state index is -0.219. The molecule has 0 radical (unpaired) electrons. The molecule has 0 aromatic heterocycles. The summed E-state index contributed by atoms with van der Waals surface area (Å²) in [6.45, 7) is 0.662. The molecule has 0 amide bonds. The summed E-state index contributed by atoms with van der Waals surface area (Å²) in [6, 6.07) is 9.83. The molecule has 0 aliphatic rings. The lowest BCUT2D eigenvalue weighted by molar-refractivity contribution is 0.306. The van der Waals surface area contributed by atoms with E-state index in [4.69, 9.17) is 55.9 Å². The van der Waals surface area contributed by atoms with Crippen molar-refractivity contribution in [3.63, 3.8) is 0 Å². The van der Waals surface area contributed by atoms with Crippen molar-refractivity contribution in [1.29, 1.82) is 0 Å². The first-order valence-corrected chi connectivity index (χ1v) is 9.47. The zero-order chi connectivity index (χ0) is 18.9. The predicted octanol–water partition coefficient (Wildman–Crippen LogP) is 7.23. The topological polar surface area (TPSA) is 18.5 Å². The molecule has 0 atom stereocenters. The van der Waals surface area contributed by atoms with Gasteiger partial charge in [0.1, 0.15) is 22.7 Å². The first kappa shape index (κ1) is 21.2. The molecular weight excluding hydrogens is 421 g/mol. The molecule has 2 rings (SSSR count). The van der Waals surface area contributed by atoms with Crippen LogP contribution in [0.25, 0.3) is 0 Å². The van der Waals surface area contributed by atoms with Crippen molar-refractivity contribution in [2.75, 3.05) is 13.2 Å². The lowest BCUT2D eigenvalue weighted by atomic mass is 10.1. The van der Waals surface area contributed by atoms with Gasteiger partial charge in [-0.1, -0.05) is 58.5 Å². The monoisotopic (exact) mass is 436 g/mol. The third-order valence-electron chi connectivity index (χ3n) is 3.45. The summed E-state index contributed by atoms with van der Waals surface area (Å²) in [5.41, 5.74) is 0.966. The van der Waals surface area contributed by atoms with Crippen LogP contribution in [-0.2, 0) is 6.42 Å². The van der Waals surface area contributed by atoms with E-state index in [1.54, 1.807) is 24.3 Å². The van der Waals surface area contributed by atoms with E-state index in [0.29, 0.717) is 28.2 Å². The SMILES string of the molecule is Fc1cccc(CCCCOc2c(Cl)cc(OCC=C(Cl)Cl)cc2Cl)c1. The first-order chi connectivity index (χ1) is 12.5. The third kappa shape index (κ3) is 7.24. The summed E-state index contributed by atoms with van der Waals surface area (Å²) in [4.78, 5) is 0. The predicted molar refractivity (Wildman–Crippen MR) is 107 cm³/mol. The van der Waals surface area contributed by atoms with Crippen molar-refractivity contribution in [3.05, 3.63) is 68.4 Å². The molecule has 0 aliphatic carbocycles. The van der Waals surface area contributed by atoms with Crippen LogP contribution in [0.1, 0.15) is 18.4 Å². The van der Waals surface area contributed by atoms with E-state index in [1.807, 2.05) is 6.07 Å². The Morgan fingerprint density at radius 1 is 1.00 bits per heavy atom. The van der Waals surface area contributed by atoms with E-state index in [1.165, 1.54) is 12.1 Å². The van der Waals surface area contributed by atoms with Crippen molar-refractivity contribution in [2.24, 2.45) is 0 Å². The highest BCUT2D eigenvalue weighted by Crippen LogP contribution is 2.37. The largest absolute Gasteiger partial charge is 0.490 e. The molecule has 2 nitrogen and oxygen atoms in total. The van der Waals surface area contributed by atoms with Gasteiger partial charge in [0.15, 0.2) is 5.75 Å². The number of hydrogen-bond acceptors (Lipinski definition) is 2. The average molecular weight is 438 g/mol. The quantitative estimate of drug-likeness (QED) is 0.385. The molecule has 26 heavy (non-hydrogen) atoms. The summed E-state index contributed by atoms with van der Waals surface area (Å²) < 4.78 is 24.4. The van der Waals surface area contributed by atoms with Crippen LogP contribution in [0.15, 0.2) is 47.0 Å². The van der Waals surface area contributed by atoms with Crippen LogP contribution >= 0.6 is 46.4 Å². The molecular formula is C19H17Cl4FO2. The van der Waals surface area contributed by atoms with Crippen molar-refractivity contribution in [2.45, 2.75) is 19.3 Å². The highest BCUT2D eigenvalue weighted by atomic mass is 35.5. The van der Waals surface area contributed by atoms with Crippen LogP contribution in [0, 0.1) is 5.82 Å². The molecule has 7 heteroatoms. The number of hydrogen-bond donors (Lipinski definition) is 0. The van der Waals surface area contributed by atoms with E-state index in [-0.39, 0.29) is 16.9 Å². The van der Waals surface area contributed by atoms with Crippen LogP contribution < -0.4 is 9.47 Å². The highest BCUT2D eigenvalue weighted by molar-refractivity contribution is 6.55. The number of benzene rings is 2. The van der Waals surface area contributed by atoms with Crippen LogP contribution in [0.5, 0.6) is 11.5 Å². The molecule has 0 heterocycles. The molecule has 0 N–H and O–H groups in total. The standard InChI is InChI=1S/C19H17Cl4FO2/c20-16-11-15(25-9-7-18(22)23)12-17(21)19(16)26-8-2-1-4-13-5-3-6-14(24)10-13/h3,5-7,10-12H,1-2,4,8-9H2. The summed E-state index contributed by atoms with van der Waals surface area (Å²) in [6.07, 6.45) is 3.95. The van der Waals surface area contributed by atoms with Crippen molar-refractivity contribution < 1.29 is 13.9 Å². The van der Waals surface area contributed by atoms with Gasteiger partial charge in [-0.05, 0) is 43.0 Å². The normalized spacial score (nSPS) is 10.5. The molecule has 0 bridgehead atoms. The molecule has 140 valence electrons. The zero-order valence-electron chi connectivity index (χ0n) is 13.8. The third-order valence-corrected chi connectivity index (χ3v) is 4.32. The van der Waals surface area contributed by atoms with Gasteiger partial charge in [0.2, 0.25) is 0 Å². The first-order valence-electron chi connectivity index (χ1n) is 7.96. The van der Waals surface area contributed by atoms with Gasteiger partial charge in [0.05, 0.1) is 16.7 Å². The Balaban J connectivity index is 1.80. The summed E-state index contributed by atoms with van der Waals surface area (Å²) in [5, 5.41) is 0.720. The number of aryl methyl sites for hydroxylation is 1. The van der Waals surface area contributed by atoms with Gasteiger partial charge in [-0.15, -0.1) is 0 Å². The smallest absolute Gasteiger partial charge is 0.156 e. The van der Waals surface area contributed by atoms with E-state index in [9.17, 15) is 4.39 Å². The Morgan fingerprint density at radius 2 is 1.73 bits per heavy atom. The Hall–Kier alpha value is -1.13. The maximum absolute atomic E-state index is 13.1. The molecule has 0 spiro atoms. The highest BCUT2D eigenvalue weighted by Gasteiger charge is 2.10. The van der Waals surface area contributed by atoms with Crippen molar-refractivity contribution in [1.82, 2.24) is 0 Å². The number of halogens is 5. The fourth-order valence-electron chi connectivity index (χ4n) is 2.26. The van der Waals surface area contributed by atoms with E-state index < -0.39 is 0 Å². The van der Waals surface area contributed by atoms with Crippen LogP contribution in [0.3, 0.4) is 0 Å². The van der Waals surface area contributed by atoms with Crippen LogP contribution in [0.2, 0.25) is 10.0 Å². The van der Waals surface area contributed by atoms with E-state index in [0.717, 1.165) is 24.8 Å². The summed E-state index contributed by atoms with van der Waals surface area (Å²) in [5.74, 6) is 0.685. The van der Waals surface area contributed by atoms with E-state index >= 15 is 0 Å². The van der Waals surface area contributed by atoms with Crippen molar-refractivity contribution >= 4 is 46.4 Å². The summed E-state index contributed by atoms with van der Waals surface area (Å²) >= 11 is 23.4. The molecule has 0 unspecified atom stereocenters. The Labute approximate surface area is 172 Å². The Morgan fingerprint density at radius 3 is 2.38 bits per heavy atom. The molecule has 2 aromatic rings. The van der Waals surface area contributed by atoms with Gasteiger partial charge in [0.25, 0.3) is 0 Å². The second-order valence-electron chi connectivity index (χ2n) is 5.46. The number of rotatable bonds is 9. The van der Waals surface area contributed by atoms with Gasteiger partial charge < -0.3 is 9.47 Å². The van der Waals surface area contributed by atoms with Gasteiger partial charge in [-0.3, -0.25) is 0 Å². The molecule has 0 fully saturated rings. The second-order valence-corrected chi connectivity index (χ2v) is 7.28. The molecule has 0 saturated carbocycles. The van der Waals surface area contributed by atoms with E-state index in [2.05, 4.69) is 0 Å². The zero-order valence-corrected chi connectivity index (χ0v) is 16.8. The molecule has 2 aromatic carbocycles. The lowest BCUT2D eigenvalue weighted by Gasteiger charge is -2.12. The Kier molecular flexibility index (Phi) is 8.86. The average Bonchev–Trinajstić information content (AvgIpc) is 2.56. The van der Waals surface area contributed by atoms with Crippen LogP contribution in [-0.4, -0.2) is 13.2 Å². The van der Waals surface area contributed by atoms with Crippen molar-refractivity contribution in [3.8, 4) is 11.5 Å². The fourth-order valence-corrected chi connectivity index (χ4v) is 2.96. The fraction of sp³-hybridized carbons (Fsp3) is 0.263.